The first-order valence-electron chi connectivity index (χ1n) is 12.1. The minimum absolute atomic E-state index is 0.279. The van der Waals surface area contributed by atoms with Crippen molar-refractivity contribution in [3.63, 3.8) is 0 Å². The molecule has 202 valence electrons. The van der Waals surface area contributed by atoms with Gasteiger partial charge in [0.25, 0.3) is 0 Å². The largest absolute Gasteiger partial charge is 0.495 e. The number of hydrogen-bond donors (Lipinski definition) is 2. The van der Waals surface area contributed by atoms with Crippen molar-refractivity contribution < 1.29 is 14.2 Å². The quantitative estimate of drug-likeness (QED) is 0.284. The molecule has 1 fully saturated rings. The van der Waals surface area contributed by atoms with Gasteiger partial charge in [0.2, 0.25) is 0 Å². The van der Waals surface area contributed by atoms with Crippen molar-refractivity contribution in [2.45, 2.75) is 6.54 Å². The predicted octanol–water partition coefficient (Wildman–Crippen LogP) is 4.97. The maximum Gasteiger partial charge on any atom is 0.143 e. The lowest BCUT2D eigenvalue weighted by atomic mass is 10.2. The number of anilines is 4. The monoisotopic (exact) mass is 568 g/mol. The Morgan fingerprint density at radius 1 is 0.872 bits per heavy atom. The van der Waals surface area contributed by atoms with E-state index in [1.807, 2.05) is 12.3 Å². The van der Waals surface area contributed by atoms with Crippen molar-refractivity contribution in [2.24, 2.45) is 0 Å². The number of ether oxygens (including phenoxy) is 3. The molecule has 1 aliphatic heterocycles. The molecule has 0 atom stereocenters. The third-order valence-corrected chi connectivity index (χ3v) is 6.81. The van der Waals surface area contributed by atoms with Crippen LogP contribution in [0.3, 0.4) is 0 Å². The number of benzene rings is 1. The third kappa shape index (κ3) is 6.28. The molecular weight excluding hydrogens is 543 g/mol. The molecule has 1 saturated heterocycles. The Kier molecular flexibility index (Phi) is 8.52. The summed E-state index contributed by atoms with van der Waals surface area (Å²) in [5, 5.41) is 6.97. The van der Waals surface area contributed by atoms with E-state index in [1.165, 1.54) is 26.9 Å². The number of nitrogens with one attached hydrogen (secondary N) is 2. The summed E-state index contributed by atoms with van der Waals surface area (Å²) >= 11 is 13.1. The van der Waals surface area contributed by atoms with E-state index in [1.54, 1.807) is 18.3 Å². The lowest BCUT2D eigenvalue weighted by molar-refractivity contribution is 0.0341. The normalized spacial score (nSPS) is 13.6. The highest BCUT2D eigenvalue weighted by atomic mass is 35.5. The van der Waals surface area contributed by atoms with Gasteiger partial charge in [-0.15, -0.1) is 0 Å². The number of aromatic nitrogens is 5. The third-order valence-electron chi connectivity index (χ3n) is 6.06. The molecule has 1 aromatic carbocycles. The molecule has 4 aromatic rings. The van der Waals surface area contributed by atoms with Crippen LogP contribution in [-0.4, -0.2) is 70.3 Å². The highest BCUT2D eigenvalue weighted by Gasteiger charge is 2.20. The van der Waals surface area contributed by atoms with E-state index >= 15 is 0 Å². The minimum Gasteiger partial charge on any atom is -0.495 e. The van der Waals surface area contributed by atoms with Gasteiger partial charge in [0, 0.05) is 44.2 Å². The van der Waals surface area contributed by atoms with Crippen molar-refractivity contribution in [3.8, 4) is 22.8 Å². The zero-order chi connectivity index (χ0) is 27.2. The van der Waals surface area contributed by atoms with Crippen molar-refractivity contribution in [2.75, 3.05) is 51.2 Å². The van der Waals surface area contributed by atoms with Crippen LogP contribution in [0.25, 0.3) is 11.3 Å². The van der Waals surface area contributed by atoms with Crippen molar-refractivity contribution in [3.05, 3.63) is 64.9 Å². The molecule has 0 spiro atoms. The summed E-state index contributed by atoms with van der Waals surface area (Å²) in [5.74, 6) is 2.44. The molecule has 0 saturated carbocycles. The molecule has 3 aromatic heterocycles. The summed E-state index contributed by atoms with van der Waals surface area (Å²) in [6.45, 7) is 4.22. The Morgan fingerprint density at radius 3 is 2.33 bits per heavy atom. The first kappa shape index (κ1) is 26.8. The highest BCUT2D eigenvalue weighted by molar-refractivity contribution is 6.41. The fourth-order valence-electron chi connectivity index (χ4n) is 4.04. The van der Waals surface area contributed by atoms with E-state index in [0.717, 1.165) is 38.4 Å². The SMILES string of the molecule is COc1cc(OC)c(Cl)c(Nc2ncncc2-c2cc(Nc3ccc(CN4CCOCC4)cn3)ncn2)c1Cl. The average Bonchev–Trinajstić information content (AvgIpc) is 2.97. The molecule has 0 radical (unpaired) electrons. The van der Waals surface area contributed by atoms with Crippen LogP contribution >= 0.6 is 23.2 Å². The zero-order valence-corrected chi connectivity index (χ0v) is 22.8. The maximum atomic E-state index is 6.55. The van der Waals surface area contributed by atoms with E-state index < -0.39 is 0 Å². The molecular formula is C26H26Cl2N8O3. The number of halogens is 2. The van der Waals surface area contributed by atoms with Crippen molar-refractivity contribution >= 4 is 46.3 Å². The number of rotatable bonds is 9. The van der Waals surface area contributed by atoms with Crippen LogP contribution in [0, 0.1) is 0 Å². The lowest BCUT2D eigenvalue weighted by Gasteiger charge is -2.26. The Bertz CT molecular complexity index is 1410. The van der Waals surface area contributed by atoms with Gasteiger partial charge >= 0.3 is 0 Å². The van der Waals surface area contributed by atoms with Crippen LogP contribution in [0.5, 0.6) is 11.5 Å². The number of morpholine rings is 1. The maximum absolute atomic E-state index is 6.55. The topological polar surface area (TPSA) is 119 Å². The Balaban J connectivity index is 1.36. The van der Waals surface area contributed by atoms with E-state index in [-0.39, 0.29) is 10.0 Å². The van der Waals surface area contributed by atoms with Gasteiger partial charge in [-0.3, -0.25) is 4.90 Å². The van der Waals surface area contributed by atoms with E-state index in [9.17, 15) is 0 Å². The second-order valence-electron chi connectivity index (χ2n) is 8.55. The standard InChI is InChI=1S/C26H26Cl2N8O3/c1-37-19-10-20(38-2)24(28)25(23(19)27)35-26-17(12-29-14-33-26)18-9-22(32-15-31-18)34-21-4-3-16(11-30-21)13-36-5-7-39-8-6-36/h3-4,9-12,14-15H,5-8,13H2,1-2H3,(H,29,33,35)(H,30,31,32,34). The van der Waals surface area contributed by atoms with E-state index in [2.05, 4.69) is 46.5 Å². The van der Waals surface area contributed by atoms with Gasteiger partial charge in [-0.1, -0.05) is 29.3 Å². The van der Waals surface area contributed by atoms with Gasteiger partial charge in [0.05, 0.1) is 44.4 Å². The number of nitrogens with zero attached hydrogens (tertiary/aromatic N) is 6. The van der Waals surface area contributed by atoms with Gasteiger partial charge in [-0.25, -0.2) is 24.9 Å². The Morgan fingerprint density at radius 2 is 1.64 bits per heavy atom. The number of pyridine rings is 1. The molecule has 0 bridgehead atoms. The molecule has 5 rings (SSSR count). The number of methoxy groups -OCH3 is 2. The predicted molar refractivity (Wildman–Crippen MR) is 150 cm³/mol. The van der Waals surface area contributed by atoms with Crippen molar-refractivity contribution in [1.82, 2.24) is 29.8 Å². The van der Waals surface area contributed by atoms with Gasteiger partial charge in [0.1, 0.15) is 51.7 Å². The van der Waals surface area contributed by atoms with Crippen LogP contribution in [0.4, 0.5) is 23.1 Å². The first-order valence-corrected chi connectivity index (χ1v) is 12.8. The number of hydrogen-bond acceptors (Lipinski definition) is 11. The zero-order valence-electron chi connectivity index (χ0n) is 21.3. The summed E-state index contributed by atoms with van der Waals surface area (Å²) < 4.78 is 16.2. The van der Waals surface area contributed by atoms with Gasteiger partial charge < -0.3 is 24.8 Å². The van der Waals surface area contributed by atoms with E-state index in [0.29, 0.717) is 45.9 Å². The molecule has 2 N–H and O–H groups in total. The lowest BCUT2D eigenvalue weighted by Crippen LogP contribution is -2.35. The summed E-state index contributed by atoms with van der Waals surface area (Å²) in [7, 11) is 3.02. The van der Waals surface area contributed by atoms with Gasteiger partial charge in [-0.05, 0) is 11.6 Å². The smallest absolute Gasteiger partial charge is 0.143 e. The molecule has 39 heavy (non-hydrogen) atoms. The Hall–Kier alpha value is -3.77. The second-order valence-corrected chi connectivity index (χ2v) is 9.30. The molecule has 4 heterocycles. The summed E-state index contributed by atoms with van der Waals surface area (Å²) in [6.07, 6.45) is 6.37. The van der Waals surface area contributed by atoms with Crippen LogP contribution < -0.4 is 20.1 Å². The fraction of sp³-hybridized carbons (Fsp3) is 0.269. The van der Waals surface area contributed by atoms with Crippen LogP contribution in [0.1, 0.15) is 5.56 Å². The molecule has 0 amide bonds. The van der Waals surface area contributed by atoms with Crippen LogP contribution in [-0.2, 0) is 11.3 Å². The fourth-order valence-corrected chi connectivity index (χ4v) is 4.64. The molecule has 13 heteroatoms. The highest BCUT2D eigenvalue weighted by Crippen LogP contribution is 2.45. The van der Waals surface area contributed by atoms with Crippen LogP contribution in [0.15, 0.2) is 49.3 Å². The second kappa shape index (κ2) is 12.4. The van der Waals surface area contributed by atoms with Crippen LogP contribution in [0.2, 0.25) is 10.0 Å². The Labute approximate surface area is 235 Å². The van der Waals surface area contributed by atoms with Gasteiger partial charge in [0.15, 0.2) is 0 Å². The van der Waals surface area contributed by atoms with Gasteiger partial charge in [-0.2, -0.15) is 0 Å². The summed E-state index contributed by atoms with van der Waals surface area (Å²) in [5.41, 5.74) is 2.69. The average molecular weight is 569 g/mol. The molecule has 1 aliphatic rings. The summed E-state index contributed by atoms with van der Waals surface area (Å²) in [6, 6.07) is 7.37. The van der Waals surface area contributed by atoms with Crippen molar-refractivity contribution in [1.29, 1.82) is 0 Å². The summed E-state index contributed by atoms with van der Waals surface area (Å²) in [4.78, 5) is 24.2. The molecule has 0 aliphatic carbocycles. The van der Waals surface area contributed by atoms with E-state index in [4.69, 9.17) is 37.4 Å². The molecule has 11 nitrogen and oxygen atoms in total. The minimum atomic E-state index is 0.279. The first-order chi connectivity index (χ1) is 19.1. The molecule has 0 unspecified atom stereocenters.